The Hall–Kier alpha value is -0.300. The fourth-order valence-electron chi connectivity index (χ4n) is 5.87. The maximum Gasteiger partial charge on any atom is -0.00218 e. The third kappa shape index (κ3) is 22.6. The largest absolute Gasteiger partial charge is 0.309 e. The van der Waals surface area contributed by atoms with Crippen molar-refractivity contribution in [1.82, 2.24) is 4.90 Å². The molecule has 0 saturated carbocycles. The maximum atomic E-state index is 4.59. The van der Waals surface area contributed by atoms with E-state index in [1.165, 1.54) is 153 Å². The molecule has 0 aliphatic rings. The van der Waals surface area contributed by atoms with Gasteiger partial charge >= 0.3 is 0 Å². The van der Waals surface area contributed by atoms with Crippen molar-refractivity contribution in [2.45, 2.75) is 169 Å². The zero-order chi connectivity index (χ0) is 26.2. The van der Waals surface area contributed by atoms with Crippen LogP contribution in [0.25, 0.3) is 0 Å². The van der Waals surface area contributed by atoms with E-state index in [1.54, 1.807) is 0 Å². The van der Waals surface area contributed by atoms with Crippen LogP contribution < -0.4 is 0 Å². The molecule has 3 unspecified atom stereocenters. The Morgan fingerprint density at radius 2 is 1.03 bits per heavy atom. The van der Waals surface area contributed by atoms with E-state index >= 15 is 0 Å². The van der Waals surface area contributed by atoms with Crippen molar-refractivity contribution in [2.75, 3.05) is 20.6 Å². The summed E-state index contributed by atoms with van der Waals surface area (Å²) in [7, 11) is 4.39. The lowest BCUT2D eigenvalue weighted by Gasteiger charge is -2.29. The number of unbranched alkanes of at least 4 members (excludes halogenated alkanes) is 10. The minimum absolute atomic E-state index is 0.877. The van der Waals surface area contributed by atoms with Crippen molar-refractivity contribution in [3.63, 3.8) is 0 Å². The van der Waals surface area contributed by atoms with Gasteiger partial charge < -0.3 is 4.90 Å². The lowest BCUT2D eigenvalue weighted by molar-refractivity contribution is 0.247. The van der Waals surface area contributed by atoms with Crippen LogP contribution in [0.1, 0.15) is 169 Å². The van der Waals surface area contributed by atoms with Crippen molar-refractivity contribution >= 4 is 0 Å². The van der Waals surface area contributed by atoms with Crippen LogP contribution in [0.15, 0.2) is 12.2 Å². The van der Waals surface area contributed by atoms with Crippen LogP contribution in [0.2, 0.25) is 0 Å². The highest BCUT2D eigenvalue weighted by Gasteiger charge is 2.22. The van der Waals surface area contributed by atoms with Gasteiger partial charge in [0.15, 0.2) is 0 Å². The van der Waals surface area contributed by atoms with Gasteiger partial charge in [0.05, 0.1) is 0 Å². The third-order valence-electron chi connectivity index (χ3n) is 8.28. The van der Waals surface area contributed by atoms with Crippen molar-refractivity contribution in [1.29, 1.82) is 0 Å². The summed E-state index contributed by atoms with van der Waals surface area (Å²) in [4.78, 5) is 2.32. The van der Waals surface area contributed by atoms with Gasteiger partial charge in [-0.05, 0) is 64.1 Å². The highest BCUT2D eigenvalue weighted by molar-refractivity contribution is 4.97. The van der Waals surface area contributed by atoms with Crippen LogP contribution in [-0.2, 0) is 0 Å². The van der Waals surface area contributed by atoms with Gasteiger partial charge in [0.1, 0.15) is 0 Å². The Balaban J connectivity index is 4.96. The predicted molar refractivity (Wildman–Crippen MR) is 162 cm³/mol. The Kier molecular flexibility index (Phi) is 25.1. The molecule has 0 aromatic carbocycles. The quantitative estimate of drug-likeness (QED) is 0.0815. The lowest BCUT2D eigenvalue weighted by Crippen LogP contribution is -2.18. The average Bonchev–Trinajstić information content (AvgIpc) is 2.82. The summed E-state index contributed by atoms with van der Waals surface area (Å²) in [5, 5.41) is 0. The van der Waals surface area contributed by atoms with E-state index in [2.05, 4.69) is 53.3 Å². The molecule has 0 N–H and O–H groups in total. The van der Waals surface area contributed by atoms with Gasteiger partial charge in [-0.1, -0.05) is 155 Å². The molecular weight excluding hydrogens is 422 g/mol. The minimum Gasteiger partial charge on any atom is -0.309 e. The zero-order valence-corrected chi connectivity index (χ0v) is 25.6. The van der Waals surface area contributed by atoms with Crippen LogP contribution in [0.4, 0.5) is 0 Å². The van der Waals surface area contributed by atoms with Crippen LogP contribution in [0, 0.1) is 17.8 Å². The van der Waals surface area contributed by atoms with Gasteiger partial charge in [0, 0.05) is 0 Å². The highest BCUT2D eigenvalue weighted by Crippen LogP contribution is 2.35. The molecule has 1 nitrogen and oxygen atoms in total. The molecule has 0 fully saturated rings. The summed E-state index contributed by atoms with van der Waals surface area (Å²) in [6, 6.07) is 0. The topological polar surface area (TPSA) is 3.24 Å². The standard InChI is InChI=1S/C34H69N/c1-8-11-14-16-17-20-27-33(26-19-15-12-9-2)34(30-32(5)25-22-29-35(6)7)28-21-24-31(4)23-18-13-10-3/h31,33-34H,5,8-30H2,1-4,6-7H3. The van der Waals surface area contributed by atoms with Crippen molar-refractivity contribution in [3.05, 3.63) is 12.2 Å². The molecule has 0 rings (SSSR count). The molecule has 0 saturated heterocycles. The minimum atomic E-state index is 0.877. The Morgan fingerprint density at radius 3 is 1.63 bits per heavy atom. The van der Waals surface area contributed by atoms with Crippen molar-refractivity contribution in [2.24, 2.45) is 17.8 Å². The Morgan fingerprint density at radius 1 is 0.571 bits per heavy atom. The zero-order valence-electron chi connectivity index (χ0n) is 25.6. The molecule has 0 amide bonds. The summed E-state index contributed by atoms with van der Waals surface area (Å²) in [5.41, 5.74) is 1.54. The smallest absolute Gasteiger partial charge is 0.00218 e. The van der Waals surface area contributed by atoms with Crippen molar-refractivity contribution in [3.8, 4) is 0 Å². The molecule has 210 valence electrons. The van der Waals surface area contributed by atoms with E-state index in [4.69, 9.17) is 0 Å². The average molecular weight is 492 g/mol. The normalized spacial score (nSPS) is 14.4. The third-order valence-corrected chi connectivity index (χ3v) is 8.28. The highest BCUT2D eigenvalue weighted by atomic mass is 15.0. The summed E-state index contributed by atoms with van der Waals surface area (Å²) >= 11 is 0. The van der Waals surface area contributed by atoms with E-state index < -0.39 is 0 Å². The molecule has 0 bridgehead atoms. The first-order valence-electron chi connectivity index (χ1n) is 16.3. The molecule has 0 aromatic heterocycles. The number of nitrogens with zero attached hydrogens (tertiary/aromatic N) is 1. The van der Waals surface area contributed by atoms with Gasteiger partial charge in [-0.25, -0.2) is 0 Å². The fraction of sp³-hybridized carbons (Fsp3) is 0.941. The molecule has 0 aliphatic heterocycles. The van der Waals surface area contributed by atoms with Crippen molar-refractivity contribution < 1.29 is 0 Å². The second kappa shape index (κ2) is 25.4. The van der Waals surface area contributed by atoms with Crippen LogP contribution >= 0.6 is 0 Å². The molecular formula is C34H69N. The number of hydrogen-bond donors (Lipinski definition) is 0. The molecule has 0 heterocycles. The first-order chi connectivity index (χ1) is 16.9. The van der Waals surface area contributed by atoms with Crippen LogP contribution in [0.3, 0.4) is 0 Å². The summed E-state index contributed by atoms with van der Waals surface area (Å²) in [6.45, 7) is 15.3. The van der Waals surface area contributed by atoms with E-state index in [-0.39, 0.29) is 0 Å². The van der Waals surface area contributed by atoms with Gasteiger partial charge in [0.25, 0.3) is 0 Å². The second-order valence-electron chi connectivity index (χ2n) is 12.3. The molecule has 0 radical (unpaired) electrons. The van der Waals surface area contributed by atoms with Crippen LogP contribution in [-0.4, -0.2) is 25.5 Å². The number of rotatable bonds is 27. The maximum absolute atomic E-state index is 4.59. The van der Waals surface area contributed by atoms with Gasteiger partial charge in [-0.3, -0.25) is 0 Å². The monoisotopic (exact) mass is 492 g/mol. The molecule has 0 spiro atoms. The summed E-state index contributed by atoms with van der Waals surface area (Å²) < 4.78 is 0. The molecule has 0 aromatic rings. The number of allylic oxidation sites excluding steroid dienone is 1. The summed E-state index contributed by atoms with van der Waals surface area (Å²) in [6.07, 6.45) is 30.9. The van der Waals surface area contributed by atoms with Crippen LogP contribution in [0.5, 0.6) is 0 Å². The first kappa shape index (κ1) is 34.7. The predicted octanol–water partition coefficient (Wildman–Crippen LogP) is 11.6. The van der Waals surface area contributed by atoms with Gasteiger partial charge in [-0.15, -0.1) is 0 Å². The Labute approximate surface area is 224 Å². The fourth-order valence-corrected chi connectivity index (χ4v) is 5.87. The van der Waals surface area contributed by atoms with E-state index in [0.29, 0.717) is 0 Å². The van der Waals surface area contributed by atoms with E-state index in [0.717, 1.165) is 17.8 Å². The van der Waals surface area contributed by atoms with E-state index in [1.807, 2.05) is 0 Å². The van der Waals surface area contributed by atoms with Gasteiger partial charge in [-0.2, -0.15) is 0 Å². The SMILES string of the molecule is C=C(CCCN(C)C)CC(CCCC(C)CCCCC)C(CCCCCC)CCCCCCCC. The summed E-state index contributed by atoms with van der Waals surface area (Å²) in [5.74, 6) is 2.72. The molecule has 0 aliphatic carbocycles. The Bertz CT molecular complexity index is 440. The van der Waals surface area contributed by atoms with E-state index in [9.17, 15) is 0 Å². The molecule has 3 atom stereocenters. The lowest BCUT2D eigenvalue weighted by atomic mass is 9.76. The van der Waals surface area contributed by atoms with Gasteiger partial charge in [0.2, 0.25) is 0 Å². The first-order valence-corrected chi connectivity index (χ1v) is 16.3. The molecule has 35 heavy (non-hydrogen) atoms. The molecule has 1 heteroatoms. The second-order valence-corrected chi connectivity index (χ2v) is 12.3. The number of hydrogen-bond acceptors (Lipinski definition) is 1.